The van der Waals surface area contributed by atoms with Gasteiger partial charge in [0.05, 0.1) is 20.2 Å². The van der Waals surface area contributed by atoms with Gasteiger partial charge in [-0.15, -0.1) is 0 Å². The number of esters is 1. The average molecular weight is 358 g/mol. The van der Waals surface area contributed by atoms with Crippen LogP contribution in [0.5, 0.6) is 0 Å². The van der Waals surface area contributed by atoms with E-state index >= 15 is 0 Å². The van der Waals surface area contributed by atoms with Gasteiger partial charge < -0.3 is 19.1 Å². The lowest BCUT2D eigenvalue weighted by atomic mass is 9.94. The van der Waals surface area contributed by atoms with Crippen molar-refractivity contribution in [3.05, 3.63) is 35.9 Å². The Balaban J connectivity index is 1.27. The maximum atomic E-state index is 12.7. The standard InChI is InChI=1S/C21H28NO4/c1-22(11-13-7-8-13)17-9-15(10-18(22)20-19(17)26-20)25-21(24)16(12-23)14-5-3-2-4-6-14/h2-6,13,15-20,23H,7-12H2,1H3/q+1/t15-,16-,17-,18+,19-,20+,22?/m1/s1. The quantitative estimate of drug-likeness (QED) is 0.479. The Hall–Kier alpha value is -1.43. The van der Waals surface area contributed by atoms with Gasteiger partial charge in [0, 0.05) is 18.8 Å². The summed E-state index contributed by atoms with van der Waals surface area (Å²) in [4.78, 5) is 12.7. The molecule has 1 aromatic carbocycles. The summed E-state index contributed by atoms with van der Waals surface area (Å²) < 4.78 is 12.9. The Morgan fingerprint density at radius 1 is 1.23 bits per heavy atom. The monoisotopic (exact) mass is 358 g/mol. The molecule has 7 atom stereocenters. The van der Waals surface area contributed by atoms with Crippen molar-refractivity contribution in [3.63, 3.8) is 0 Å². The number of likely N-dealkylation sites (N-methyl/N-ethyl adjacent to an activating group) is 1. The topological polar surface area (TPSA) is 59.1 Å². The molecule has 1 N–H and O–H groups in total. The van der Waals surface area contributed by atoms with Crippen LogP contribution in [-0.2, 0) is 14.3 Å². The van der Waals surface area contributed by atoms with E-state index in [9.17, 15) is 9.90 Å². The van der Waals surface area contributed by atoms with Crippen LogP contribution in [0.4, 0.5) is 0 Å². The molecular formula is C21H28NO4+. The minimum atomic E-state index is -0.589. The number of nitrogens with zero attached hydrogens (tertiary/aromatic N) is 1. The molecule has 0 spiro atoms. The van der Waals surface area contributed by atoms with Crippen LogP contribution < -0.4 is 0 Å². The van der Waals surface area contributed by atoms with E-state index in [-0.39, 0.29) is 18.7 Å². The Bertz CT molecular complexity index is 671. The number of carbonyl (C=O) groups is 1. The van der Waals surface area contributed by atoms with Crippen LogP contribution in [0.2, 0.25) is 0 Å². The van der Waals surface area contributed by atoms with E-state index in [1.54, 1.807) is 0 Å². The van der Waals surface area contributed by atoms with Gasteiger partial charge in [0.1, 0.15) is 36.3 Å². The number of epoxide rings is 1. The van der Waals surface area contributed by atoms with Gasteiger partial charge in [-0.3, -0.25) is 4.79 Å². The van der Waals surface area contributed by atoms with Gasteiger partial charge in [-0.2, -0.15) is 0 Å². The van der Waals surface area contributed by atoms with E-state index in [2.05, 4.69) is 7.05 Å². The highest BCUT2D eigenvalue weighted by Crippen LogP contribution is 2.54. The predicted molar refractivity (Wildman–Crippen MR) is 95.4 cm³/mol. The van der Waals surface area contributed by atoms with E-state index in [4.69, 9.17) is 9.47 Å². The van der Waals surface area contributed by atoms with Crippen LogP contribution in [0.25, 0.3) is 0 Å². The van der Waals surface area contributed by atoms with Crippen molar-refractivity contribution >= 4 is 5.97 Å². The molecule has 3 heterocycles. The third-order valence-corrected chi connectivity index (χ3v) is 7.14. The number of morpholine rings is 1. The molecular weight excluding hydrogens is 330 g/mol. The van der Waals surface area contributed by atoms with Crippen molar-refractivity contribution in [3.8, 4) is 0 Å². The first kappa shape index (κ1) is 16.7. The Kier molecular flexibility index (Phi) is 3.89. The average Bonchev–Trinajstić information content (AvgIpc) is 3.51. The van der Waals surface area contributed by atoms with Crippen LogP contribution >= 0.6 is 0 Å². The Morgan fingerprint density at radius 3 is 2.46 bits per heavy atom. The summed E-state index contributed by atoms with van der Waals surface area (Å²) in [5.41, 5.74) is 0.819. The minimum absolute atomic E-state index is 0.0444. The number of hydrogen-bond acceptors (Lipinski definition) is 4. The smallest absolute Gasteiger partial charge is 0.316 e. The number of carbonyl (C=O) groups excluding carboxylic acids is 1. The molecule has 2 bridgehead atoms. The highest BCUT2D eigenvalue weighted by Gasteiger charge is 2.72. The number of benzene rings is 1. The van der Waals surface area contributed by atoms with Crippen LogP contribution in [0.1, 0.15) is 37.2 Å². The van der Waals surface area contributed by atoms with Crippen LogP contribution in [0, 0.1) is 5.92 Å². The van der Waals surface area contributed by atoms with E-state index in [1.807, 2.05) is 30.3 Å². The molecule has 0 aromatic heterocycles. The number of hydrogen-bond donors (Lipinski definition) is 1. The van der Waals surface area contributed by atoms with Gasteiger partial charge in [0.25, 0.3) is 0 Å². The maximum Gasteiger partial charge on any atom is 0.316 e. The second-order valence-electron chi connectivity index (χ2n) is 8.85. The summed E-state index contributed by atoms with van der Waals surface area (Å²) in [6, 6.07) is 10.4. The number of rotatable bonds is 6. The molecule has 3 aliphatic heterocycles. The largest absolute Gasteiger partial charge is 0.461 e. The van der Waals surface area contributed by atoms with Crippen LogP contribution in [-0.4, -0.2) is 66.2 Å². The Morgan fingerprint density at radius 2 is 1.88 bits per heavy atom. The summed E-state index contributed by atoms with van der Waals surface area (Å²) in [5.74, 6) is 0.00309. The van der Waals surface area contributed by atoms with E-state index in [1.165, 1.54) is 19.4 Å². The first-order valence-corrected chi connectivity index (χ1v) is 9.97. The van der Waals surface area contributed by atoms with Gasteiger partial charge in [-0.1, -0.05) is 30.3 Å². The number of quaternary nitrogens is 1. The normalized spacial score (nSPS) is 41.4. The van der Waals surface area contributed by atoms with E-state index in [0.717, 1.165) is 28.8 Å². The zero-order chi connectivity index (χ0) is 17.9. The fourth-order valence-electron chi connectivity index (χ4n) is 5.53. The van der Waals surface area contributed by atoms with Crippen LogP contribution in [0.15, 0.2) is 30.3 Å². The highest BCUT2D eigenvalue weighted by molar-refractivity contribution is 5.78. The van der Waals surface area contributed by atoms with E-state index < -0.39 is 5.92 Å². The summed E-state index contributed by atoms with van der Waals surface area (Å²) in [6.07, 6.45) is 5.22. The number of ether oxygens (including phenoxy) is 2. The third kappa shape index (κ3) is 2.68. The zero-order valence-corrected chi connectivity index (χ0v) is 15.3. The molecule has 140 valence electrons. The lowest BCUT2D eigenvalue weighted by Gasteiger charge is -2.48. The molecule has 4 aliphatic rings. The van der Waals surface area contributed by atoms with Gasteiger partial charge in [-0.25, -0.2) is 0 Å². The number of fused-ring (bicyclic) bond motifs is 5. The molecule has 0 radical (unpaired) electrons. The molecule has 5 rings (SSSR count). The summed E-state index contributed by atoms with van der Waals surface area (Å²) >= 11 is 0. The molecule has 5 heteroatoms. The van der Waals surface area contributed by atoms with E-state index in [0.29, 0.717) is 24.3 Å². The molecule has 1 aliphatic carbocycles. The number of piperidine rings is 1. The fraction of sp³-hybridized carbons (Fsp3) is 0.667. The second kappa shape index (κ2) is 6.04. The van der Waals surface area contributed by atoms with Crippen molar-refractivity contribution in [2.75, 3.05) is 20.2 Å². The molecule has 1 aromatic rings. The van der Waals surface area contributed by atoms with Crippen LogP contribution in [0.3, 0.4) is 0 Å². The SMILES string of the molecule is C[N+]1(CC2CC2)[C@@H]2C[C@@H](OC(=O)[C@H](CO)c3ccccc3)C[C@H]1[C@@H]1O[C@@H]12. The van der Waals surface area contributed by atoms with Gasteiger partial charge in [0.2, 0.25) is 0 Å². The first-order chi connectivity index (χ1) is 12.6. The molecule has 1 unspecified atom stereocenters. The van der Waals surface area contributed by atoms with Crippen molar-refractivity contribution in [2.45, 2.75) is 62.0 Å². The number of aliphatic hydroxyl groups excluding tert-OH is 1. The lowest BCUT2D eigenvalue weighted by Crippen LogP contribution is -2.63. The molecule has 26 heavy (non-hydrogen) atoms. The number of aliphatic hydroxyl groups is 1. The van der Waals surface area contributed by atoms with Gasteiger partial charge in [-0.05, 0) is 18.4 Å². The second-order valence-corrected chi connectivity index (χ2v) is 8.85. The molecule has 0 amide bonds. The minimum Gasteiger partial charge on any atom is -0.461 e. The van der Waals surface area contributed by atoms with Crippen molar-refractivity contribution in [1.82, 2.24) is 0 Å². The third-order valence-electron chi connectivity index (χ3n) is 7.14. The summed E-state index contributed by atoms with van der Waals surface area (Å²) in [6.45, 7) is 1.04. The molecule has 3 saturated heterocycles. The lowest BCUT2D eigenvalue weighted by molar-refractivity contribution is -0.957. The fourth-order valence-corrected chi connectivity index (χ4v) is 5.53. The summed E-state index contributed by atoms with van der Waals surface area (Å²) in [7, 11) is 2.39. The first-order valence-electron chi connectivity index (χ1n) is 9.97. The maximum absolute atomic E-state index is 12.7. The molecule has 5 nitrogen and oxygen atoms in total. The molecule has 1 saturated carbocycles. The summed E-state index contributed by atoms with van der Waals surface area (Å²) in [5, 5.41) is 9.71. The van der Waals surface area contributed by atoms with Gasteiger partial charge in [0.15, 0.2) is 0 Å². The van der Waals surface area contributed by atoms with Crippen molar-refractivity contribution < 1.29 is 23.9 Å². The zero-order valence-electron chi connectivity index (χ0n) is 15.3. The molecule has 4 fully saturated rings. The van der Waals surface area contributed by atoms with Crippen molar-refractivity contribution in [2.24, 2.45) is 5.92 Å². The van der Waals surface area contributed by atoms with Crippen molar-refractivity contribution in [1.29, 1.82) is 0 Å². The Labute approximate surface area is 154 Å². The predicted octanol–water partition coefficient (Wildman–Crippen LogP) is 1.84. The highest BCUT2D eigenvalue weighted by atomic mass is 16.6. The van der Waals surface area contributed by atoms with Gasteiger partial charge >= 0.3 is 5.97 Å².